The van der Waals surface area contributed by atoms with Crippen molar-refractivity contribution in [3.63, 3.8) is 0 Å². The van der Waals surface area contributed by atoms with E-state index in [4.69, 9.17) is 5.73 Å². The SMILES string of the molecule is NCc1ccc(C(=O)N2CCC(NC(=O)NC3CCCCC3)CC2)cc1. The lowest BCUT2D eigenvalue weighted by atomic mass is 9.96. The van der Waals surface area contributed by atoms with Gasteiger partial charge >= 0.3 is 6.03 Å². The standard InChI is InChI=1S/C20H30N4O2/c21-14-15-6-8-16(9-7-15)19(25)24-12-10-18(11-13-24)23-20(26)22-17-4-2-1-3-5-17/h6-9,17-18H,1-5,10-14,21H2,(H2,22,23,26). The van der Waals surface area contributed by atoms with Gasteiger partial charge in [0, 0.05) is 37.3 Å². The van der Waals surface area contributed by atoms with E-state index in [1.807, 2.05) is 29.2 Å². The molecule has 6 nitrogen and oxygen atoms in total. The van der Waals surface area contributed by atoms with Gasteiger partial charge < -0.3 is 21.3 Å². The van der Waals surface area contributed by atoms with Crippen molar-refractivity contribution < 1.29 is 9.59 Å². The fourth-order valence-electron chi connectivity index (χ4n) is 3.85. The third-order valence-electron chi connectivity index (χ3n) is 5.49. The molecule has 6 heteroatoms. The molecule has 1 saturated carbocycles. The Labute approximate surface area is 155 Å². The third-order valence-corrected chi connectivity index (χ3v) is 5.49. The summed E-state index contributed by atoms with van der Waals surface area (Å²) in [4.78, 5) is 26.6. The Hall–Kier alpha value is -2.08. The Morgan fingerprint density at radius 2 is 1.50 bits per heavy atom. The number of nitrogens with two attached hydrogens (primary N) is 1. The lowest BCUT2D eigenvalue weighted by Gasteiger charge is -2.33. The zero-order valence-electron chi connectivity index (χ0n) is 15.4. The average Bonchev–Trinajstić information content (AvgIpc) is 2.69. The Morgan fingerprint density at radius 3 is 2.08 bits per heavy atom. The lowest BCUT2D eigenvalue weighted by molar-refractivity contribution is 0.0708. The van der Waals surface area contributed by atoms with E-state index in [0.717, 1.165) is 31.2 Å². The second-order valence-electron chi connectivity index (χ2n) is 7.42. The van der Waals surface area contributed by atoms with Gasteiger partial charge in [-0.15, -0.1) is 0 Å². The first-order valence-electron chi connectivity index (χ1n) is 9.81. The number of urea groups is 1. The van der Waals surface area contributed by atoms with Crippen LogP contribution in [-0.2, 0) is 6.54 Å². The molecule has 0 aromatic heterocycles. The van der Waals surface area contributed by atoms with Crippen LogP contribution in [0.5, 0.6) is 0 Å². The maximum Gasteiger partial charge on any atom is 0.315 e. The minimum atomic E-state index is -0.0564. The van der Waals surface area contributed by atoms with E-state index in [1.54, 1.807) is 0 Å². The summed E-state index contributed by atoms with van der Waals surface area (Å²) < 4.78 is 0. The summed E-state index contributed by atoms with van der Waals surface area (Å²) in [5.74, 6) is 0.0543. The number of amides is 3. The molecule has 3 amide bonds. The summed E-state index contributed by atoms with van der Waals surface area (Å²) in [6, 6.07) is 7.89. The average molecular weight is 358 g/mol. The number of hydrogen-bond acceptors (Lipinski definition) is 3. The first-order chi connectivity index (χ1) is 12.7. The molecule has 2 aliphatic rings. The molecule has 0 spiro atoms. The Bertz CT molecular complexity index is 603. The lowest BCUT2D eigenvalue weighted by Crippen LogP contribution is -2.51. The highest BCUT2D eigenvalue weighted by atomic mass is 16.2. The normalized spacial score (nSPS) is 19.2. The summed E-state index contributed by atoms with van der Waals surface area (Å²) in [6.45, 7) is 1.83. The van der Waals surface area contributed by atoms with Crippen molar-refractivity contribution in [3.8, 4) is 0 Å². The molecule has 1 aliphatic heterocycles. The summed E-state index contributed by atoms with van der Waals surface area (Å²) in [5, 5.41) is 6.17. The van der Waals surface area contributed by atoms with Gasteiger partial charge in [-0.3, -0.25) is 4.79 Å². The number of likely N-dealkylation sites (tertiary alicyclic amines) is 1. The monoisotopic (exact) mass is 358 g/mol. The number of nitrogens with one attached hydrogen (secondary N) is 2. The van der Waals surface area contributed by atoms with Crippen molar-refractivity contribution in [2.45, 2.75) is 63.6 Å². The van der Waals surface area contributed by atoms with Crippen molar-refractivity contribution in [1.29, 1.82) is 0 Å². The van der Waals surface area contributed by atoms with Crippen LogP contribution in [0, 0.1) is 0 Å². The molecule has 1 heterocycles. The minimum Gasteiger partial charge on any atom is -0.338 e. The maximum atomic E-state index is 12.6. The van der Waals surface area contributed by atoms with Crippen LogP contribution in [-0.4, -0.2) is 42.0 Å². The van der Waals surface area contributed by atoms with Crippen LogP contribution in [0.25, 0.3) is 0 Å². The van der Waals surface area contributed by atoms with Crippen LogP contribution >= 0.6 is 0 Å². The molecule has 0 bridgehead atoms. The molecule has 1 aromatic rings. The fourth-order valence-corrected chi connectivity index (χ4v) is 3.85. The van der Waals surface area contributed by atoms with Gasteiger partial charge in [-0.05, 0) is 43.4 Å². The second kappa shape index (κ2) is 9.03. The van der Waals surface area contributed by atoms with Gasteiger partial charge in [0.1, 0.15) is 0 Å². The summed E-state index contributed by atoms with van der Waals surface area (Å²) >= 11 is 0. The highest BCUT2D eigenvalue weighted by molar-refractivity contribution is 5.94. The molecule has 1 aromatic carbocycles. The molecule has 26 heavy (non-hydrogen) atoms. The van der Waals surface area contributed by atoms with Crippen molar-refractivity contribution in [2.75, 3.05) is 13.1 Å². The van der Waals surface area contributed by atoms with Gasteiger partial charge in [0.2, 0.25) is 0 Å². The van der Waals surface area contributed by atoms with Gasteiger partial charge in [0.05, 0.1) is 0 Å². The molecule has 0 atom stereocenters. The topological polar surface area (TPSA) is 87.5 Å². The van der Waals surface area contributed by atoms with Crippen molar-refractivity contribution in [2.24, 2.45) is 5.73 Å². The van der Waals surface area contributed by atoms with Gasteiger partial charge in [-0.25, -0.2) is 4.79 Å². The van der Waals surface area contributed by atoms with E-state index < -0.39 is 0 Å². The Kier molecular flexibility index (Phi) is 6.50. The van der Waals surface area contributed by atoms with Gasteiger partial charge in [-0.2, -0.15) is 0 Å². The number of hydrogen-bond donors (Lipinski definition) is 3. The highest BCUT2D eigenvalue weighted by Gasteiger charge is 2.25. The highest BCUT2D eigenvalue weighted by Crippen LogP contribution is 2.18. The Balaban J connectivity index is 1.43. The van der Waals surface area contributed by atoms with E-state index in [1.165, 1.54) is 19.3 Å². The van der Waals surface area contributed by atoms with E-state index in [9.17, 15) is 9.59 Å². The second-order valence-corrected chi connectivity index (χ2v) is 7.42. The van der Waals surface area contributed by atoms with Crippen LogP contribution in [0.3, 0.4) is 0 Å². The number of nitrogens with zero attached hydrogens (tertiary/aromatic N) is 1. The molecule has 4 N–H and O–H groups in total. The number of carbonyl (C=O) groups excluding carboxylic acids is 2. The first kappa shape index (κ1) is 18.7. The summed E-state index contributed by atoms with van der Waals surface area (Å²) in [7, 11) is 0. The van der Waals surface area contributed by atoms with Crippen molar-refractivity contribution >= 4 is 11.9 Å². The smallest absolute Gasteiger partial charge is 0.315 e. The van der Waals surface area contributed by atoms with E-state index in [2.05, 4.69) is 10.6 Å². The number of rotatable bonds is 4. The fraction of sp³-hybridized carbons (Fsp3) is 0.600. The molecular weight excluding hydrogens is 328 g/mol. The predicted octanol–water partition coefficient (Wildman–Crippen LogP) is 2.38. The quantitative estimate of drug-likeness (QED) is 0.772. The van der Waals surface area contributed by atoms with Crippen LogP contribution in [0.1, 0.15) is 60.9 Å². The molecule has 142 valence electrons. The minimum absolute atomic E-state index is 0.0543. The molecule has 2 fully saturated rings. The molecule has 3 rings (SSSR count). The van der Waals surface area contributed by atoms with Crippen LogP contribution in [0.15, 0.2) is 24.3 Å². The van der Waals surface area contributed by atoms with Crippen molar-refractivity contribution in [3.05, 3.63) is 35.4 Å². The maximum absolute atomic E-state index is 12.6. The van der Waals surface area contributed by atoms with Crippen LogP contribution in [0.2, 0.25) is 0 Å². The summed E-state index contributed by atoms with van der Waals surface area (Å²) in [5.41, 5.74) is 7.32. The number of piperidine rings is 1. The summed E-state index contributed by atoms with van der Waals surface area (Å²) in [6.07, 6.45) is 7.46. The van der Waals surface area contributed by atoms with Crippen LogP contribution < -0.4 is 16.4 Å². The number of benzene rings is 1. The third kappa shape index (κ3) is 4.97. The molecule has 0 unspecified atom stereocenters. The zero-order chi connectivity index (χ0) is 18.4. The predicted molar refractivity (Wildman–Crippen MR) is 102 cm³/mol. The van der Waals surface area contributed by atoms with Crippen molar-refractivity contribution in [1.82, 2.24) is 15.5 Å². The van der Waals surface area contributed by atoms with Gasteiger partial charge in [-0.1, -0.05) is 31.4 Å². The van der Waals surface area contributed by atoms with E-state index in [0.29, 0.717) is 31.2 Å². The largest absolute Gasteiger partial charge is 0.338 e. The molecule has 1 aliphatic carbocycles. The van der Waals surface area contributed by atoms with E-state index in [-0.39, 0.29) is 18.0 Å². The molecule has 0 radical (unpaired) electrons. The Morgan fingerprint density at radius 1 is 0.923 bits per heavy atom. The number of carbonyl (C=O) groups is 2. The first-order valence-corrected chi connectivity index (χ1v) is 9.81. The zero-order valence-corrected chi connectivity index (χ0v) is 15.4. The van der Waals surface area contributed by atoms with Gasteiger partial charge in [0.15, 0.2) is 0 Å². The van der Waals surface area contributed by atoms with Gasteiger partial charge in [0.25, 0.3) is 5.91 Å². The molecular formula is C20H30N4O2. The molecule has 1 saturated heterocycles. The van der Waals surface area contributed by atoms with E-state index >= 15 is 0 Å². The van der Waals surface area contributed by atoms with Crippen LogP contribution in [0.4, 0.5) is 4.79 Å².